The van der Waals surface area contributed by atoms with E-state index in [2.05, 4.69) is 114 Å². The third-order valence-electron chi connectivity index (χ3n) is 7.42. The molecule has 35 heavy (non-hydrogen) atoms. The molecule has 0 atom stereocenters. The zero-order chi connectivity index (χ0) is 25.1. The van der Waals surface area contributed by atoms with Gasteiger partial charge in [-0.15, -0.1) is 0 Å². The Bertz CT molecular complexity index is 1420. The topological polar surface area (TPSA) is 3.24 Å². The van der Waals surface area contributed by atoms with Gasteiger partial charge >= 0.3 is 0 Å². The van der Waals surface area contributed by atoms with E-state index in [0.717, 1.165) is 11.1 Å². The van der Waals surface area contributed by atoms with Crippen molar-refractivity contribution in [2.24, 2.45) is 0 Å². The third kappa shape index (κ3) is 3.86. The standard InChI is InChI=1S/C33H34FN/c1-21-13-14-24(23-11-9-8-10-12-23)18-30(21)35(32(3,4)5)31-20-29-26(17-22(31)2)27-19-25(34)15-16-28(27)33(29,6)7/h8-20H,1-7H3. The summed E-state index contributed by atoms with van der Waals surface area (Å²) in [5, 5.41) is 0. The highest BCUT2D eigenvalue weighted by molar-refractivity contribution is 5.86. The van der Waals surface area contributed by atoms with Crippen LogP contribution >= 0.6 is 0 Å². The first-order valence-electron chi connectivity index (χ1n) is 12.4. The quantitative estimate of drug-likeness (QED) is 0.292. The second kappa shape index (κ2) is 8.09. The van der Waals surface area contributed by atoms with Crippen molar-refractivity contribution in [3.05, 3.63) is 107 Å². The molecule has 0 spiro atoms. The lowest BCUT2D eigenvalue weighted by molar-refractivity contribution is 0.557. The third-order valence-corrected chi connectivity index (χ3v) is 7.42. The second-order valence-electron chi connectivity index (χ2n) is 11.4. The Hall–Kier alpha value is -3.39. The van der Waals surface area contributed by atoms with E-state index in [1.54, 1.807) is 12.1 Å². The number of halogens is 1. The zero-order valence-corrected chi connectivity index (χ0v) is 21.8. The Balaban J connectivity index is 1.72. The highest BCUT2D eigenvalue weighted by Gasteiger charge is 2.37. The summed E-state index contributed by atoms with van der Waals surface area (Å²) in [6.07, 6.45) is 0. The Labute approximate surface area is 209 Å². The van der Waals surface area contributed by atoms with E-state index in [-0.39, 0.29) is 16.8 Å². The van der Waals surface area contributed by atoms with Gasteiger partial charge in [0.05, 0.1) is 0 Å². The highest BCUT2D eigenvalue weighted by atomic mass is 19.1. The van der Waals surface area contributed by atoms with E-state index in [0.29, 0.717) is 0 Å². The normalized spacial score (nSPS) is 13.9. The average Bonchev–Trinajstić information content (AvgIpc) is 3.00. The fourth-order valence-corrected chi connectivity index (χ4v) is 5.62. The molecule has 2 heteroatoms. The van der Waals surface area contributed by atoms with Crippen molar-refractivity contribution in [3.8, 4) is 22.3 Å². The molecule has 0 aromatic heterocycles. The van der Waals surface area contributed by atoms with E-state index in [9.17, 15) is 4.39 Å². The number of nitrogens with zero attached hydrogens (tertiary/aromatic N) is 1. The van der Waals surface area contributed by atoms with Gasteiger partial charge in [0.25, 0.3) is 0 Å². The second-order valence-corrected chi connectivity index (χ2v) is 11.4. The van der Waals surface area contributed by atoms with Crippen LogP contribution < -0.4 is 4.90 Å². The van der Waals surface area contributed by atoms with Crippen LogP contribution in [0.25, 0.3) is 22.3 Å². The van der Waals surface area contributed by atoms with Gasteiger partial charge in [-0.25, -0.2) is 4.39 Å². The van der Waals surface area contributed by atoms with E-state index < -0.39 is 0 Å². The van der Waals surface area contributed by atoms with Crippen LogP contribution in [0.3, 0.4) is 0 Å². The Morgan fingerprint density at radius 1 is 0.657 bits per heavy atom. The molecule has 0 bridgehead atoms. The van der Waals surface area contributed by atoms with Gasteiger partial charge in [-0.2, -0.15) is 0 Å². The zero-order valence-electron chi connectivity index (χ0n) is 21.8. The minimum atomic E-state index is -0.189. The van der Waals surface area contributed by atoms with Crippen molar-refractivity contribution < 1.29 is 4.39 Å². The molecule has 5 rings (SSSR count). The number of benzene rings is 4. The summed E-state index contributed by atoms with van der Waals surface area (Å²) in [5.74, 6) is -0.182. The SMILES string of the molecule is Cc1ccc(-c2ccccc2)cc1N(c1cc2c(cc1C)-c1cc(F)ccc1C2(C)C)C(C)(C)C. The van der Waals surface area contributed by atoms with E-state index in [1.165, 1.54) is 44.8 Å². The number of fused-ring (bicyclic) bond motifs is 3. The predicted molar refractivity (Wildman–Crippen MR) is 147 cm³/mol. The summed E-state index contributed by atoms with van der Waals surface area (Å²) < 4.78 is 14.2. The molecule has 1 aliphatic rings. The first kappa shape index (κ1) is 23.4. The summed E-state index contributed by atoms with van der Waals surface area (Å²) in [5.41, 5.74) is 11.5. The maximum atomic E-state index is 14.2. The molecule has 0 unspecified atom stereocenters. The minimum Gasteiger partial charge on any atom is -0.336 e. The summed E-state index contributed by atoms with van der Waals surface area (Å²) >= 11 is 0. The first-order valence-corrected chi connectivity index (χ1v) is 12.4. The van der Waals surface area contributed by atoms with Gasteiger partial charge < -0.3 is 4.90 Å². The molecule has 4 aromatic rings. The predicted octanol–water partition coefficient (Wildman–Crippen LogP) is 9.35. The molecular formula is C33H34FN. The van der Waals surface area contributed by atoms with Gasteiger partial charge in [0, 0.05) is 22.3 Å². The highest BCUT2D eigenvalue weighted by Crippen LogP contribution is 2.52. The van der Waals surface area contributed by atoms with Crippen LogP contribution in [0.1, 0.15) is 56.9 Å². The van der Waals surface area contributed by atoms with Crippen molar-refractivity contribution in [1.29, 1.82) is 0 Å². The van der Waals surface area contributed by atoms with E-state index in [4.69, 9.17) is 0 Å². The van der Waals surface area contributed by atoms with Gasteiger partial charge in [-0.1, -0.05) is 62.4 Å². The van der Waals surface area contributed by atoms with Crippen molar-refractivity contribution in [1.82, 2.24) is 0 Å². The summed E-state index contributed by atoms with van der Waals surface area (Å²) in [6.45, 7) is 15.7. The average molecular weight is 464 g/mol. The Morgan fingerprint density at radius 2 is 1.31 bits per heavy atom. The maximum Gasteiger partial charge on any atom is 0.123 e. The number of aryl methyl sites for hydroxylation is 2. The van der Waals surface area contributed by atoms with Gasteiger partial charge in [0.15, 0.2) is 0 Å². The molecule has 0 saturated heterocycles. The van der Waals surface area contributed by atoms with E-state index in [1.807, 2.05) is 6.07 Å². The minimum absolute atomic E-state index is 0.152. The molecule has 0 aliphatic heterocycles. The van der Waals surface area contributed by atoms with Crippen molar-refractivity contribution in [2.45, 2.75) is 59.4 Å². The van der Waals surface area contributed by atoms with Gasteiger partial charge in [-0.3, -0.25) is 0 Å². The lowest BCUT2D eigenvalue weighted by Crippen LogP contribution is -2.38. The molecule has 0 N–H and O–H groups in total. The number of rotatable bonds is 3. The van der Waals surface area contributed by atoms with Gasteiger partial charge in [0.1, 0.15) is 5.82 Å². The summed E-state index contributed by atoms with van der Waals surface area (Å²) in [6, 6.07) is 27.1. The number of anilines is 2. The van der Waals surface area contributed by atoms with Crippen LogP contribution in [0, 0.1) is 19.7 Å². The molecule has 0 radical (unpaired) electrons. The van der Waals surface area contributed by atoms with Crippen molar-refractivity contribution >= 4 is 11.4 Å². The van der Waals surface area contributed by atoms with Crippen LogP contribution in [0.2, 0.25) is 0 Å². The van der Waals surface area contributed by atoms with Crippen molar-refractivity contribution in [2.75, 3.05) is 4.90 Å². The van der Waals surface area contributed by atoms with Gasteiger partial charge in [0.2, 0.25) is 0 Å². The van der Waals surface area contributed by atoms with Gasteiger partial charge in [-0.05, 0) is 109 Å². The molecule has 0 saturated carbocycles. The van der Waals surface area contributed by atoms with Crippen LogP contribution in [0.5, 0.6) is 0 Å². The Morgan fingerprint density at radius 3 is 2.00 bits per heavy atom. The molecule has 0 heterocycles. The smallest absolute Gasteiger partial charge is 0.123 e. The fourth-order valence-electron chi connectivity index (χ4n) is 5.62. The molecule has 1 nitrogen and oxygen atoms in total. The van der Waals surface area contributed by atoms with Crippen LogP contribution in [0.15, 0.2) is 78.9 Å². The largest absolute Gasteiger partial charge is 0.336 e. The fraction of sp³-hybridized carbons (Fsp3) is 0.273. The molecule has 1 aliphatic carbocycles. The lowest BCUT2D eigenvalue weighted by atomic mass is 9.81. The lowest BCUT2D eigenvalue weighted by Gasteiger charge is -2.40. The summed E-state index contributed by atoms with van der Waals surface area (Å²) in [4.78, 5) is 2.48. The monoisotopic (exact) mass is 463 g/mol. The van der Waals surface area contributed by atoms with E-state index >= 15 is 0 Å². The molecule has 178 valence electrons. The number of hydrogen-bond donors (Lipinski definition) is 0. The molecule has 0 amide bonds. The van der Waals surface area contributed by atoms with Crippen molar-refractivity contribution in [3.63, 3.8) is 0 Å². The maximum absolute atomic E-state index is 14.2. The molecule has 4 aromatic carbocycles. The van der Waals surface area contributed by atoms with Crippen LogP contribution in [-0.4, -0.2) is 5.54 Å². The Kier molecular flexibility index (Phi) is 5.40. The van der Waals surface area contributed by atoms with Crippen LogP contribution in [0.4, 0.5) is 15.8 Å². The van der Waals surface area contributed by atoms with Crippen LogP contribution in [-0.2, 0) is 5.41 Å². The summed E-state index contributed by atoms with van der Waals surface area (Å²) in [7, 11) is 0. The molecular weight excluding hydrogens is 429 g/mol. The number of hydrogen-bond acceptors (Lipinski definition) is 1. The first-order chi connectivity index (χ1) is 16.5. The molecule has 0 fully saturated rings.